The van der Waals surface area contributed by atoms with Crippen LogP contribution in [0.5, 0.6) is 0 Å². The summed E-state index contributed by atoms with van der Waals surface area (Å²) in [6, 6.07) is 2.10. The number of hydrogen-bond acceptors (Lipinski definition) is 3. The molecule has 3 nitrogen and oxygen atoms in total. The van der Waals surface area contributed by atoms with Crippen molar-refractivity contribution in [3.05, 3.63) is 23.7 Å². The van der Waals surface area contributed by atoms with E-state index in [0.29, 0.717) is 0 Å². The highest BCUT2D eigenvalue weighted by Crippen LogP contribution is 2.24. The number of hydrogen-bond donors (Lipinski definition) is 1. The molecule has 2 unspecified atom stereocenters. The van der Waals surface area contributed by atoms with Gasteiger partial charge in [0.1, 0.15) is 5.76 Å². The lowest BCUT2D eigenvalue weighted by Crippen LogP contribution is -2.38. The van der Waals surface area contributed by atoms with Crippen LogP contribution in [-0.2, 0) is 13.1 Å². The van der Waals surface area contributed by atoms with Gasteiger partial charge >= 0.3 is 0 Å². The third-order valence-corrected chi connectivity index (χ3v) is 4.43. The van der Waals surface area contributed by atoms with Crippen LogP contribution in [0.15, 0.2) is 16.7 Å². The van der Waals surface area contributed by atoms with Crippen LogP contribution in [-0.4, -0.2) is 23.5 Å². The molecule has 114 valence electrons. The number of piperidine rings is 1. The molecule has 2 heterocycles. The van der Waals surface area contributed by atoms with Crippen molar-refractivity contribution in [2.45, 2.75) is 59.7 Å². The van der Waals surface area contributed by atoms with Crippen molar-refractivity contribution in [2.75, 3.05) is 13.1 Å². The smallest absolute Gasteiger partial charge is 0.122 e. The summed E-state index contributed by atoms with van der Waals surface area (Å²) in [5.41, 5.74) is 1.44. The average molecular weight is 278 g/mol. The zero-order valence-corrected chi connectivity index (χ0v) is 13.7. The molecule has 1 aromatic heterocycles. The molecule has 1 aliphatic rings. The van der Waals surface area contributed by atoms with E-state index in [9.17, 15) is 0 Å². The summed E-state index contributed by atoms with van der Waals surface area (Å²) in [4.78, 5) is 2.53. The lowest BCUT2D eigenvalue weighted by molar-refractivity contribution is 0.124. The van der Waals surface area contributed by atoms with Crippen molar-refractivity contribution in [1.29, 1.82) is 0 Å². The summed E-state index contributed by atoms with van der Waals surface area (Å²) < 4.78 is 5.71. The third kappa shape index (κ3) is 4.35. The number of likely N-dealkylation sites (tertiary alicyclic amines) is 1. The summed E-state index contributed by atoms with van der Waals surface area (Å²) >= 11 is 0. The van der Waals surface area contributed by atoms with Crippen LogP contribution in [0.25, 0.3) is 0 Å². The third-order valence-electron chi connectivity index (χ3n) is 4.43. The maximum absolute atomic E-state index is 5.71. The van der Waals surface area contributed by atoms with Crippen molar-refractivity contribution >= 4 is 0 Å². The monoisotopic (exact) mass is 278 g/mol. The maximum atomic E-state index is 5.71. The van der Waals surface area contributed by atoms with E-state index < -0.39 is 0 Å². The van der Waals surface area contributed by atoms with Gasteiger partial charge in [0.2, 0.25) is 0 Å². The molecule has 20 heavy (non-hydrogen) atoms. The minimum Gasteiger partial charge on any atom is -0.468 e. The van der Waals surface area contributed by atoms with Crippen LogP contribution in [0.1, 0.15) is 52.4 Å². The van der Waals surface area contributed by atoms with Gasteiger partial charge in [-0.2, -0.15) is 0 Å². The molecule has 1 N–H and O–H groups in total. The summed E-state index contributed by atoms with van der Waals surface area (Å²) in [6.07, 6.45) is 3.13. The predicted octanol–water partition coefficient (Wildman–Crippen LogP) is 3.65. The molecule has 0 amide bonds. The van der Waals surface area contributed by atoms with Crippen molar-refractivity contribution in [2.24, 2.45) is 11.8 Å². The molecular formula is C17H30N2O. The summed E-state index contributed by atoms with van der Waals surface area (Å²) in [7, 11) is 0. The summed E-state index contributed by atoms with van der Waals surface area (Å²) in [5, 5.41) is 3.54. The topological polar surface area (TPSA) is 28.4 Å². The van der Waals surface area contributed by atoms with Gasteiger partial charge < -0.3 is 9.73 Å². The Balaban J connectivity index is 1.92. The van der Waals surface area contributed by atoms with Crippen LogP contribution in [0.3, 0.4) is 0 Å². The zero-order valence-electron chi connectivity index (χ0n) is 13.7. The second-order valence-corrected chi connectivity index (χ2v) is 7.45. The first-order valence-corrected chi connectivity index (χ1v) is 7.88. The van der Waals surface area contributed by atoms with Crippen LogP contribution >= 0.6 is 0 Å². The molecule has 1 aliphatic heterocycles. The Hall–Kier alpha value is -0.800. The van der Waals surface area contributed by atoms with Gasteiger partial charge in [0, 0.05) is 24.2 Å². The van der Waals surface area contributed by atoms with E-state index in [2.05, 4.69) is 50.9 Å². The summed E-state index contributed by atoms with van der Waals surface area (Å²) in [5.74, 6) is 2.77. The van der Waals surface area contributed by atoms with E-state index in [-0.39, 0.29) is 5.54 Å². The molecule has 0 radical (unpaired) electrons. The Morgan fingerprint density at radius 3 is 2.70 bits per heavy atom. The van der Waals surface area contributed by atoms with E-state index in [0.717, 1.165) is 30.7 Å². The second kappa shape index (κ2) is 6.31. The molecule has 1 fully saturated rings. The first-order chi connectivity index (χ1) is 9.35. The normalized spacial score (nSPS) is 25.1. The van der Waals surface area contributed by atoms with Gasteiger partial charge in [-0.1, -0.05) is 13.8 Å². The van der Waals surface area contributed by atoms with Crippen molar-refractivity contribution in [3.63, 3.8) is 0 Å². The standard InChI is InChI=1S/C17H30N2O/c1-13-6-8-19(11-14(13)2)12-16-15(7-9-20-16)10-18-17(3,4)5/h7,9,13-14,18H,6,8,10-12H2,1-5H3. The molecule has 1 saturated heterocycles. The quantitative estimate of drug-likeness (QED) is 0.911. The van der Waals surface area contributed by atoms with Crippen LogP contribution in [0.4, 0.5) is 0 Å². The number of nitrogens with one attached hydrogen (secondary N) is 1. The molecule has 2 rings (SSSR count). The Bertz CT molecular complexity index is 419. The molecule has 3 heteroatoms. The molecule has 2 atom stereocenters. The molecule has 0 aromatic carbocycles. The second-order valence-electron chi connectivity index (χ2n) is 7.45. The van der Waals surface area contributed by atoms with E-state index in [1.54, 1.807) is 0 Å². The number of furan rings is 1. The average Bonchev–Trinajstić information content (AvgIpc) is 2.78. The van der Waals surface area contributed by atoms with Crippen LogP contribution < -0.4 is 5.32 Å². The first-order valence-electron chi connectivity index (χ1n) is 7.88. The van der Waals surface area contributed by atoms with Crippen molar-refractivity contribution < 1.29 is 4.42 Å². The fourth-order valence-electron chi connectivity index (χ4n) is 2.72. The van der Waals surface area contributed by atoms with Gasteiger partial charge in [-0.05, 0) is 51.6 Å². The minimum atomic E-state index is 0.142. The molecule has 0 bridgehead atoms. The van der Waals surface area contributed by atoms with E-state index >= 15 is 0 Å². The van der Waals surface area contributed by atoms with Gasteiger partial charge in [0.25, 0.3) is 0 Å². The van der Waals surface area contributed by atoms with Crippen LogP contribution in [0, 0.1) is 11.8 Å². The Kier molecular flexibility index (Phi) is 4.92. The van der Waals surface area contributed by atoms with Crippen molar-refractivity contribution in [1.82, 2.24) is 10.2 Å². The lowest BCUT2D eigenvalue weighted by atomic mass is 9.88. The Morgan fingerprint density at radius 1 is 1.30 bits per heavy atom. The maximum Gasteiger partial charge on any atom is 0.122 e. The summed E-state index contributed by atoms with van der Waals surface area (Å²) in [6.45, 7) is 15.5. The van der Waals surface area contributed by atoms with E-state index in [1.807, 2.05) is 6.26 Å². The Morgan fingerprint density at radius 2 is 2.05 bits per heavy atom. The Labute approximate surface area is 123 Å². The van der Waals surface area contributed by atoms with Gasteiger partial charge in [-0.3, -0.25) is 4.90 Å². The van der Waals surface area contributed by atoms with E-state index in [4.69, 9.17) is 4.42 Å². The SMILES string of the molecule is CC1CCN(Cc2occc2CNC(C)(C)C)CC1C. The molecule has 0 spiro atoms. The molecule has 1 aromatic rings. The highest BCUT2D eigenvalue weighted by molar-refractivity contribution is 5.17. The lowest BCUT2D eigenvalue weighted by Gasteiger charge is -2.34. The van der Waals surface area contributed by atoms with E-state index in [1.165, 1.54) is 25.1 Å². The van der Waals surface area contributed by atoms with Crippen molar-refractivity contribution in [3.8, 4) is 0 Å². The molecule has 0 aliphatic carbocycles. The zero-order chi connectivity index (χ0) is 14.8. The highest BCUT2D eigenvalue weighted by Gasteiger charge is 2.24. The number of nitrogens with zero attached hydrogens (tertiary/aromatic N) is 1. The van der Waals surface area contributed by atoms with Gasteiger partial charge in [-0.15, -0.1) is 0 Å². The minimum absolute atomic E-state index is 0.142. The number of rotatable bonds is 4. The van der Waals surface area contributed by atoms with Gasteiger partial charge in [-0.25, -0.2) is 0 Å². The molecular weight excluding hydrogens is 248 g/mol. The highest BCUT2D eigenvalue weighted by atomic mass is 16.3. The fraction of sp³-hybridized carbons (Fsp3) is 0.765. The first kappa shape index (κ1) is 15.6. The predicted molar refractivity (Wildman–Crippen MR) is 83.5 cm³/mol. The van der Waals surface area contributed by atoms with Gasteiger partial charge in [0.05, 0.1) is 12.8 Å². The fourth-order valence-corrected chi connectivity index (χ4v) is 2.72. The van der Waals surface area contributed by atoms with Gasteiger partial charge in [0.15, 0.2) is 0 Å². The van der Waals surface area contributed by atoms with Crippen LogP contribution in [0.2, 0.25) is 0 Å². The largest absolute Gasteiger partial charge is 0.468 e. The molecule has 0 saturated carbocycles.